The standard InChI is InChI=1S/C11H8ClN3O5/c1-2-5-14(6-8(16)17)11(18)7-3-4-13-10(12)9(7)15(19)20/h1,3-4H,5-6H2,(H,16,17). The maximum atomic E-state index is 12.1. The molecule has 0 aliphatic carbocycles. The fraction of sp³-hybridized carbons (Fsp3) is 0.182. The molecular formula is C11H8ClN3O5. The minimum atomic E-state index is -1.29. The number of nitrogens with zero attached hydrogens (tertiary/aromatic N) is 3. The molecule has 104 valence electrons. The zero-order chi connectivity index (χ0) is 15.3. The number of carbonyl (C=O) groups excluding carboxylic acids is 1. The molecule has 20 heavy (non-hydrogen) atoms. The second-order valence-electron chi connectivity index (χ2n) is 3.51. The predicted octanol–water partition coefficient (Wildman–Crippen LogP) is 0.803. The molecule has 0 fully saturated rings. The average Bonchev–Trinajstić information content (AvgIpc) is 2.36. The largest absolute Gasteiger partial charge is 0.480 e. The summed E-state index contributed by atoms with van der Waals surface area (Å²) in [6, 6.07) is 1.08. The number of rotatable bonds is 5. The molecule has 0 bridgehead atoms. The van der Waals surface area contributed by atoms with Gasteiger partial charge in [0.2, 0.25) is 5.15 Å². The Hall–Kier alpha value is -2.66. The number of amides is 1. The van der Waals surface area contributed by atoms with Crippen LogP contribution in [0.4, 0.5) is 5.69 Å². The molecule has 1 heterocycles. The van der Waals surface area contributed by atoms with Crippen molar-refractivity contribution in [2.45, 2.75) is 0 Å². The predicted molar refractivity (Wildman–Crippen MR) is 68.3 cm³/mol. The fourth-order valence-corrected chi connectivity index (χ4v) is 1.65. The van der Waals surface area contributed by atoms with Gasteiger partial charge >= 0.3 is 11.7 Å². The molecule has 0 unspecified atom stereocenters. The van der Waals surface area contributed by atoms with Crippen molar-refractivity contribution in [3.05, 3.63) is 33.1 Å². The molecule has 0 aromatic carbocycles. The van der Waals surface area contributed by atoms with Crippen molar-refractivity contribution in [3.8, 4) is 12.3 Å². The van der Waals surface area contributed by atoms with E-state index in [0.717, 1.165) is 17.2 Å². The zero-order valence-corrected chi connectivity index (χ0v) is 10.7. The van der Waals surface area contributed by atoms with Crippen molar-refractivity contribution in [1.29, 1.82) is 0 Å². The van der Waals surface area contributed by atoms with E-state index in [0.29, 0.717) is 0 Å². The molecule has 0 saturated heterocycles. The lowest BCUT2D eigenvalue weighted by molar-refractivity contribution is -0.385. The van der Waals surface area contributed by atoms with Gasteiger partial charge in [0.25, 0.3) is 5.91 Å². The summed E-state index contributed by atoms with van der Waals surface area (Å²) in [6.07, 6.45) is 6.15. The molecule has 0 saturated carbocycles. The minimum Gasteiger partial charge on any atom is -0.480 e. The van der Waals surface area contributed by atoms with Crippen LogP contribution in [0.1, 0.15) is 10.4 Å². The molecule has 1 rings (SSSR count). The Bertz CT molecular complexity index is 611. The van der Waals surface area contributed by atoms with Gasteiger partial charge in [0, 0.05) is 6.20 Å². The Kier molecular flexibility index (Phi) is 5.00. The van der Waals surface area contributed by atoms with Crippen LogP contribution >= 0.6 is 11.6 Å². The lowest BCUT2D eigenvalue weighted by Crippen LogP contribution is -2.36. The van der Waals surface area contributed by atoms with Gasteiger partial charge in [0.15, 0.2) is 0 Å². The van der Waals surface area contributed by atoms with Crippen molar-refractivity contribution in [1.82, 2.24) is 9.88 Å². The van der Waals surface area contributed by atoms with Gasteiger partial charge in [-0.15, -0.1) is 6.42 Å². The third-order valence-electron chi connectivity index (χ3n) is 2.19. The molecular weight excluding hydrogens is 290 g/mol. The highest BCUT2D eigenvalue weighted by Gasteiger charge is 2.28. The second kappa shape index (κ2) is 6.49. The molecule has 0 aliphatic rings. The number of nitro groups is 1. The van der Waals surface area contributed by atoms with Crippen molar-refractivity contribution in [2.75, 3.05) is 13.1 Å². The Labute approximate surface area is 118 Å². The smallest absolute Gasteiger partial charge is 0.323 e. The fourth-order valence-electron chi connectivity index (χ4n) is 1.42. The Morgan fingerprint density at radius 1 is 1.60 bits per heavy atom. The van der Waals surface area contributed by atoms with Gasteiger partial charge in [-0.1, -0.05) is 17.5 Å². The van der Waals surface area contributed by atoms with E-state index in [1.165, 1.54) is 0 Å². The van der Waals surface area contributed by atoms with Gasteiger partial charge in [-0.2, -0.15) is 0 Å². The Morgan fingerprint density at radius 2 is 2.25 bits per heavy atom. The molecule has 8 nitrogen and oxygen atoms in total. The van der Waals surface area contributed by atoms with Gasteiger partial charge in [-0.3, -0.25) is 19.7 Å². The maximum Gasteiger partial charge on any atom is 0.323 e. The van der Waals surface area contributed by atoms with Crippen LogP contribution in [-0.2, 0) is 4.79 Å². The number of halogens is 1. The highest BCUT2D eigenvalue weighted by molar-refractivity contribution is 6.32. The van der Waals surface area contributed by atoms with Crippen molar-refractivity contribution < 1.29 is 19.6 Å². The van der Waals surface area contributed by atoms with Crippen LogP contribution < -0.4 is 0 Å². The number of carboxylic acids is 1. The van der Waals surface area contributed by atoms with Crippen LogP contribution in [0.2, 0.25) is 5.15 Å². The van der Waals surface area contributed by atoms with Gasteiger partial charge < -0.3 is 10.0 Å². The summed E-state index contributed by atoms with van der Waals surface area (Å²) in [5.74, 6) is -0.0861. The van der Waals surface area contributed by atoms with Crippen LogP contribution in [0.3, 0.4) is 0 Å². The summed E-state index contributed by atoms with van der Waals surface area (Å²) in [7, 11) is 0. The molecule has 1 aromatic rings. The van der Waals surface area contributed by atoms with Crippen molar-refractivity contribution in [3.63, 3.8) is 0 Å². The van der Waals surface area contributed by atoms with E-state index in [2.05, 4.69) is 10.9 Å². The van der Waals surface area contributed by atoms with Gasteiger partial charge in [-0.05, 0) is 6.07 Å². The van der Waals surface area contributed by atoms with E-state index in [9.17, 15) is 19.7 Å². The van der Waals surface area contributed by atoms with E-state index in [1.807, 2.05) is 0 Å². The van der Waals surface area contributed by atoms with Crippen LogP contribution in [0.25, 0.3) is 0 Å². The number of pyridine rings is 1. The number of terminal acetylenes is 1. The van der Waals surface area contributed by atoms with Crippen LogP contribution in [-0.4, -0.2) is 44.9 Å². The van der Waals surface area contributed by atoms with Crippen molar-refractivity contribution in [2.24, 2.45) is 0 Å². The first-order valence-corrected chi connectivity index (χ1v) is 5.49. The van der Waals surface area contributed by atoms with Crippen LogP contribution in [0, 0.1) is 22.5 Å². The van der Waals surface area contributed by atoms with Gasteiger partial charge in [0.1, 0.15) is 12.1 Å². The number of aliphatic carboxylic acids is 1. The maximum absolute atomic E-state index is 12.1. The Balaban J connectivity index is 3.25. The first-order chi connectivity index (χ1) is 9.38. The summed E-state index contributed by atoms with van der Waals surface area (Å²) in [4.78, 5) is 37.1. The summed E-state index contributed by atoms with van der Waals surface area (Å²) < 4.78 is 0. The van der Waals surface area contributed by atoms with E-state index < -0.39 is 34.2 Å². The summed E-state index contributed by atoms with van der Waals surface area (Å²) in [6.45, 7) is -0.984. The number of aromatic nitrogens is 1. The normalized spacial score (nSPS) is 9.60. The highest BCUT2D eigenvalue weighted by atomic mass is 35.5. The molecule has 0 atom stereocenters. The molecule has 0 spiro atoms. The SMILES string of the molecule is C#CCN(CC(=O)O)C(=O)c1ccnc(Cl)c1[N+](=O)[O-]. The average molecular weight is 298 g/mol. The molecule has 1 aromatic heterocycles. The molecule has 1 amide bonds. The molecule has 1 N–H and O–H groups in total. The van der Waals surface area contributed by atoms with Gasteiger partial charge in [0.05, 0.1) is 11.5 Å². The van der Waals surface area contributed by atoms with Crippen LogP contribution in [0.15, 0.2) is 12.3 Å². The third-order valence-corrected chi connectivity index (χ3v) is 2.46. The first-order valence-electron chi connectivity index (χ1n) is 5.12. The number of carbonyl (C=O) groups is 2. The summed E-state index contributed by atoms with van der Waals surface area (Å²) in [5, 5.41) is 19.1. The summed E-state index contributed by atoms with van der Waals surface area (Å²) in [5.41, 5.74) is -1.06. The van der Waals surface area contributed by atoms with E-state index in [1.54, 1.807) is 0 Å². The second-order valence-corrected chi connectivity index (χ2v) is 3.87. The van der Waals surface area contributed by atoms with Crippen LogP contribution in [0.5, 0.6) is 0 Å². The van der Waals surface area contributed by atoms with E-state index >= 15 is 0 Å². The topological polar surface area (TPSA) is 114 Å². The lowest BCUT2D eigenvalue weighted by Gasteiger charge is -2.17. The highest BCUT2D eigenvalue weighted by Crippen LogP contribution is 2.26. The van der Waals surface area contributed by atoms with E-state index in [4.69, 9.17) is 23.1 Å². The zero-order valence-electron chi connectivity index (χ0n) is 9.95. The monoisotopic (exact) mass is 297 g/mol. The minimum absolute atomic E-state index is 0.303. The Morgan fingerprint density at radius 3 is 2.75 bits per heavy atom. The van der Waals surface area contributed by atoms with E-state index in [-0.39, 0.29) is 12.1 Å². The van der Waals surface area contributed by atoms with Crippen molar-refractivity contribution >= 4 is 29.2 Å². The number of hydrogen-bond donors (Lipinski definition) is 1. The molecule has 0 aliphatic heterocycles. The molecule has 0 radical (unpaired) electrons. The quantitative estimate of drug-likeness (QED) is 0.372. The van der Waals surface area contributed by atoms with Gasteiger partial charge in [-0.25, -0.2) is 4.98 Å². The summed E-state index contributed by atoms with van der Waals surface area (Å²) >= 11 is 5.58. The third kappa shape index (κ3) is 3.43. The first kappa shape index (κ1) is 15.4. The molecule has 9 heteroatoms. The lowest BCUT2D eigenvalue weighted by atomic mass is 10.2. The number of hydrogen-bond acceptors (Lipinski definition) is 5. The number of carboxylic acid groups (broad SMARTS) is 1.